The highest BCUT2D eigenvalue weighted by atomic mass is 79.9. The third kappa shape index (κ3) is 2.62. The van der Waals surface area contributed by atoms with Gasteiger partial charge in [0.15, 0.2) is 0 Å². The summed E-state index contributed by atoms with van der Waals surface area (Å²) in [6.45, 7) is 6.17. The predicted octanol–water partition coefficient (Wildman–Crippen LogP) is 3.85. The van der Waals surface area contributed by atoms with Crippen LogP contribution in [0.3, 0.4) is 0 Å². The van der Waals surface area contributed by atoms with Crippen molar-refractivity contribution in [2.45, 2.75) is 26.9 Å². The molecule has 2 aromatic rings. The molecule has 2 nitrogen and oxygen atoms in total. The largest absolute Gasteiger partial charge is 0.384 e. The number of hydrogen-bond donors (Lipinski definition) is 1. The third-order valence-electron chi connectivity index (χ3n) is 3.22. The van der Waals surface area contributed by atoms with Crippen molar-refractivity contribution in [1.82, 2.24) is 4.98 Å². The van der Waals surface area contributed by atoms with E-state index in [2.05, 4.69) is 46.9 Å². The molecule has 0 spiro atoms. The van der Waals surface area contributed by atoms with E-state index < -0.39 is 6.10 Å². The van der Waals surface area contributed by atoms with E-state index in [1.165, 1.54) is 11.1 Å². The second-order valence-electron chi connectivity index (χ2n) is 4.63. The molecule has 1 atom stereocenters. The monoisotopic (exact) mass is 305 g/mol. The Balaban J connectivity index is 2.46. The van der Waals surface area contributed by atoms with Crippen LogP contribution in [0.5, 0.6) is 0 Å². The van der Waals surface area contributed by atoms with E-state index in [1.54, 1.807) is 12.4 Å². The molecule has 1 aromatic carbocycles. The number of nitrogens with zero attached hydrogens (tertiary/aromatic N) is 1. The van der Waals surface area contributed by atoms with E-state index in [0.29, 0.717) is 0 Å². The highest BCUT2D eigenvalue weighted by Crippen LogP contribution is 2.27. The minimum absolute atomic E-state index is 0.630. The van der Waals surface area contributed by atoms with Crippen LogP contribution in [0.15, 0.2) is 35.1 Å². The summed E-state index contributed by atoms with van der Waals surface area (Å²) in [5, 5.41) is 10.5. The van der Waals surface area contributed by atoms with Crippen LogP contribution in [0.1, 0.15) is 33.9 Å². The summed E-state index contributed by atoms with van der Waals surface area (Å²) in [7, 11) is 0. The second-order valence-corrected chi connectivity index (χ2v) is 5.55. The average Bonchev–Trinajstić information content (AvgIpc) is 2.33. The summed E-state index contributed by atoms with van der Waals surface area (Å²) in [6.07, 6.45) is 2.78. The SMILES string of the molecule is Cc1cc(C)c(C(O)c2cncc(Br)c2)cc1C. The maximum Gasteiger partial charge on any atom is 0.106 e. The average molecular weight is 306 g/mol. The molecule has 0 aliphatic carbocycles. The van der Waals surface area contributed by atoms with Crippen LogP contribution in [0.25, 0.3) is 0 Å². The van der Waals surface area contributed by atoms with Crippen molar-refractivity contribution in [3.8, 4) is 0 Å². The first-order chi connectivity index (χ1) is 8.49. The summed E-state index contributed by atoms with van der Waals surface area (Å²) in [6, 6.07) is 6.06. The molecular formula is C15H16BrNO. The quantitative estimate of drug-likeness (QED) is 0.914. The summed E-state index contributed by atoms with van der Waals surface area (Å²) < 4.78 is 0.875. The number of rotatable bonds is 2. The van der Waals surface area contributed by atoms with Crippen molar-refractivity contribution in [3.63, 3.8) is 0 Å². The number of benzene rings is 1. The van der Waals surface area contributed by atoms with Gasteiger partial charge in [-0.2, -0.15) is 0 Å². The minimum atomic E-state index is -0.630. The van der Waals surface area contributed by atoms with Gasteiger partial charge < -0.3 is 5.11 Å². The first-order valence-electron chi connectivity index (χ1n) is 5.85. The standard InChI is InChI=1S/C15H16BrNO/c1-9-4-11(3)14(5-10(9)2)15(18)12-6-13(16)8-17-7-12/h4-8,15,18H,1-3H3. The second kappa shape index (κ2) is 5.21. The molecule has 1 aromatic heterocycles. The van der Waals surface area contributed by atoms with Gasteiger partial charge in [-0.05, 0) is 65.0 Å². The molecule has 3 heteroatoms. The van der Waals surface area contributed by atoms with Crippen LogP contribution >= 0.6 is 15.9 Å². The van der Waals surface area contributed by atoms with E-state index in [4.69, 9.17) is 0 Å². The lowest BCUT2D eigenvalue weighted by molar-refractivity contribution is 0.219. The Kier molecular flexibility index (Phi) is 3.83. The van der Waals surface area contributed by atoms with Crippen LogP contribution in [0.2, 0.25) is 0 Å². The van der Waals surface area contributed by atoms with Crippen molar-refractivity contribution in [2.75, 3.05) is 0 Å². The Morgan fingerprint density at radius 2 is 1.67 bits per heavy atom. The van der Waals surface area contributed by atoms with Gasteiger partial charge in [-0.1, -0.05) is 12.1 Å². The van der Waals surface area contributed by atoms with Crippen molar-refractivity contribution in [2.24, 2.45) is 0 Å². The fourth-order valence-corrected chi connectivity index (χ4v) is 2.42. The first-order valence-corrected chi connectivity index (χ1v) is 6.64. The normalized spacial score (nSPS) is 12.5. The summed E-state index contributed by atoms with van der Waals surface area (Å²) in [4.78, 5) is 4.09. The van der Waals surface area contributed by atoms with Crippen molar-refractivity contribution in [3.05, 3.63) is 62.9 Å². The topological polar surface area (TPSA) is 33.1 Å². The summed E-state index contributed by atoms with van der Waals surface area (Å²) >= 11 is 3.37. The highest BCUT2D eigenvalue weighted by molar-refractivity contribution is 9.10. The van der Waals surface area contributed by atoms with E-state index >= 15 is 0 Å². The molecule has 0 radical (unpaired) electrons. The maximum absolute atomic E-state index is 10.5. The van der Waals surface area contributed by atoms with Gasteiger partial charge >= 0.3 is 0 Å². The van der Waals surface area contributed by atoms with Gasteiger partial charge in [-0.15, -0.1) is 0 Å². The highest BCUT2D eigenvalue weighted by Gasteiger charge is 2.14. The van der Waals surface area contributed by atoms with Crippen molar-refractivity contribution >= 4 is 15.9 Å². The minimum Gasteiger partial charge on any atom is -0.384 e. The van der Waals surface area contributed by atoms with Gasteiger partial charge in [0, 0.05) is 22.4 Å². The first kappa shape index (κ1) is 13.2. The Bertz CT molecular complexity index is 581. The number of aliphatic hydroxyl groups excluding tert-OH is 1. The van der Waals surface area contributed by atoms with Crippen LogP contribution in [0, 0.1) is 20.8 Å². The Morgan fingerprint density at radius 1 is 1.00 bits per heavy atom. The smallest absolute Gasteiger partial charge is 0.106 e. The zero-order chi connectivity index (χ0) is 13.3. The lowest BCUT2D eigenvalue weighted by atomic mass is 9.94. The molecule has 0 amide bonds. The van der Waals surface area contributed by atoms with Crippen molar-refractivity contribution < 1.29 is 5.11 Å². The van der Waals surface area contributed by atoms with E-state index in [0.717, 1.165) is 21.2 Å². The molecule has 18 heavy (non-hydrogen) atoms. The lowest BCUT2D eigenvalue weighted by Gasteiger charge is -2.16. The summed E-state index contributed by atoms with van der Waals surface area (Å²) in [5.41, 5.74) is 5.28. The van der Waals surface area contributed by atoms with E-state index in [1.807, 2.05) is 13.0 Å². The van der Waals surface area contributed by atoms with Gasteiger partial charge in [0.2, 0.25) is 0 Å². The predicted molar refractivity (Wildman–Crippen MR) is 76.7 cm³/mol. The fraction of sp³-hybridized carbons (Fsp3) is 0.267. The van der Waals surface area contributed by atoms with Gasteiger partial charge in [-0.3, -0.25) is 4.98 Å². The Hall–Kier alpha value is -1.19. The van der Waals surface area contributed by atoms with Gasteiger partial charge in [0.1, 0.15) is 6.10 Å². The van der Waals surface area contributed by atoms with Crippen LogP contribution in [-0.4, -0.2) is 10.1 Å². The molecule has 0 bridgehead atoms. The van der Waals surface area contributed by atoms with Crippen LogP contribution in [-0.2, 0) is 0 Å². The molecule has 1 unspecified atom stereocenters. The molecule has 1 heterocycles. The number of aryl methyl sites for hydroxylation is 3. The molecule has 2 rings (SSSR count). The number of aliphatic hydroxyl groups is 1. The van der Waals surface area contributed by atoms with Gasteiger partial charge in [-0.25, -0.2) is 0 Å². The zero-order valence-corrected chi connectivity index (χ0v) is 12.3. The van der Waals surface area contributed by atoms with Gasteiger partial charge in [0.25, 0.3) is 0 Å². The molecular weight excluding hydrogens is 290 g/mol. The Morgan fingerprint density at radius 3 is 2.33 bits per heavy atom. The number of hydrogen-bond acceptors (Lipinski definition) is 2. The Labute approximate surface area is 116 Å². The molecule has 0 fully saturated rings. The molecule has 0 aliphatic rings. The van der Waals surface area contributed by atoms with Gasteiger partial charge in [0.05, 0.1) is 0 Å². The van der Waals surface area contributed by atoms with Crippen molar-refractivity contribution in [1.29, 1.82) is 0 Å². The fourth-order valence-electron chi connectivity index (χ4n) is 2.03. The van der Waals surface area contributed by atoms with Crippen LogP contribution < -0.4 is 0 Å². The molecule has 0 saturated carbocycles. The molecule has 1 N–H and O–H groups in total. The van der Waals surface area contributed by atoms with Crippen LogP contribution in [0.4, 0.5) is 0 Å². The number of pyridine rings is 1. The maximum atomic E-state index is 10.5. The third-order valence-corrected chi connectivity index (χ3v) is 3.65. The molecule has 0 aliphatic heterocycles. The van der Waals surface area contributed by atoms with E-state index in [9.17, 15) is 5.11 Å². The van der Waals surface area contributed by atoms with E-state index in [-0.39, 0.29) is 0 Å². The molecule has 0 saturated heterocycles. The zero-order valence-electron chi connectivity index (χ0n) is 10.7. The number of halogens is 1. The summed E-state index contributed by atoms with van der Waals surface area (Å²) in [5.74, 6) is 0. The number of aromatic nitrogens is 1. The lowest BCUT2D eigenvalue weighted by Crippen LogP contribution is -2.04. The molecule has 94 valence electrons.